The lowest BCUT2D eigenvalue weighted by atomic mass is 10.1. The highest BCUT2D eigenvalue weighted by Crippen LogP contribution is 2.29. The lowest BCUT2D eigenvalue weighted by Gasteiger charge is -2.23. The molecule has 2 rings (SSSR count). The number of ether oxygens (including phenoxy) is 2. The van der Waals surface area contributed by atoms with Gasteiger partial charge in [-0.15, -0.1) is 0 Å². The topological polar surface area (TPSA) is 93.9 Å². The Kier molecular flexibility index (Phi) is 7.19. The molecule has 7 heteroatoms. The van der Waals surface area contributed by atoms with E-state index in [9.17, 15) is 9.59 Å². The van der Waals surface area contributed by atoms with Gasteiger partial charge in [-0.3, -0.25) is 15.0 Å². The molecule has 0 aliphatic heterocycles. The molecule has 144 valence electrons. The average molecular weight is 371 g/mol. The highest BCUT2D eigenvalue weighted by Gasteiger charge is 2.19. The normalized spacial score (nSPS) is 11.7. The first-order valence-corrected chi connectivity index (χ1v) is 8.55. The van der Waals surface area contributed by atoms with Gasteiger partial charge in [0.15, 0.2) is 11.5 Å². The number of hydrogen-bond acceptors (Lipinski definition) is 5. The Morgan fingerprint density at radius 1 is 1.11 bits per heavy atom. The van der Waals surface area contributed by atoms with Gasteiger partial charge in [0.05, 0.1) is 13.2 Å². The van der Waals surface area contributed by atoms with Crippen LogP contribution in [0.2, 0.25) is 0 Å². The largest absolute Gasteiger partial charge is 0.493 e. The lowest BCUT2D eigenvalue weighted by molar-refractivity contribution is -0.124. The molecule has 0 saturated heterocycles. The zero-order valence-electron chi connectivity index (χ0n) is 15.8. The van der Waals surface area contributed by atoms with Crippen LogP contribution in [0.3, 0.4) is 0 Å². The van der Waals surface area contributed by atoms with E-state index in [1.165, 1.54) is 0 Å². The van der Waals surface area contributed by atoms with E-state index in [1.807, 2.05) is 48.5 Å². The van der Waals surface area contributed by atoms with Gasteiger partial charge in [-0.2, -0.15) is 0 Å². The number of hydrogen-bond donors (Lipinski definition) is 2. The van der Waals surface area contributed by atoms with Crippen LogP contribution in [-0.4, -0.2) is 37.0 Å². The zero-order chi connectivity index (χ0) is 19.8. The van der Waals surface area contributed by atoms with Crippen molar-refractivity contribution in [1.82, 2.24) is 10.2 Å². The molecule has 27 heavy (non-hydrogen) atoms. The van der Waals surface area contributed by atoms with Gasteiger partial charge in [-0.25, -0.2) is 4.79 Å². The van der Waals surface area contributed by atoms with Crippen LogP contribution in [0.25, 0.3) is 0 Å². The fraction of sp³-hybridized carbons (Fsp3) is 0.300. The van der Waals surface area contributed by atoms with Crippen molar-refractivity contribution in [2.24, 2.45) is 5.73 Å². The molecule has 0 radical (unpaired) electrons. The summed E-state index contributed by atoms with van der Waals surface area (Å²) in [5.74, 6) is 0.818. The smallest absolute Gasteiger partial charge is 0.318 e. The summed E-state index contributed by atoms with van der Waals surface area (Å²) in [5, 5.41) is 2.09. The van der Waals surface area contributed by atoms with E-state index in [0.717, 1.165) is 11.1 Å². The second-order valence-electron chi connectivity index (χ2n) is 6.20. The number of likely N-dealkylation sites (N-methyl/N-ethyl adjacent to an activating group) is 1. The van der Waals surface area contributed by atoms with E-state index in [4.69, 9.17) is 15.2 Å². The fourth-order valence-corrected chi connectivity index (χ4v) is 2.52. The number of carbonyl (C=O) groups excluding carboxylic acids is 2. The Morgan fingerprint density at radius 3 is 2.44 bits per heavy atom. The number of methoxy groups -OCH3 is 1. The molecular weight excluding hydrogens is 346 g/mol. The van der Waals surface area contributed by atoms with E-state index in [0.29, 0.717) is 24.7 Å². The molecule has 7 nitrogen and oxygen atoms in total. The van der Waals surface area contributed by atoms with E-state index in [-0.39, 0.29) is 0 Å². The van der Waals surface area contributed by atoms with Crippen molar-refractivity contribution in [3.8, 4) is 11.5 Å². The van der Waals surface area contributed by atoms with Gasteiger partial charge < -0.3 is 15.2 Å². The summed E-state index contributed by atoms with van der Waals surface area (Å²) >= 11 is 0. The third-order valence-electron chi connectivity index (χ3n) is 4.18. The summed E-state index contributed by atoms with van der Waals surface area (Å²) in [4.78, 5) is 24.5. The Labute approximate surface area is 159 Å². The maximum absolute atomic E-state index is 11.9. The first-order valence-electron chi connectivity index (χ1n) is 8.55. The molecule has 3 amide bonds. The number of nitrogens with one attached hydrogen (secondary N) is 1. The van der Waals surface area contributed by atoms with Crippen LogP contribution in [0.15, 0.2) is 48.5 Å². The number of amides is 3. The standard InChI is InChI=1S/C20H25N3O4/c1-14(19(24)22-20(21)25)23(2)12-16-9-10-17(18(11-16)26-3)27-13-15-7-5-4-6-8-15/h4-11,14H,12-13H2,1-3H3,(H3,21,22,24,25)/t14-/m0/s1. The summed E-state index contributed by atoms with van der Waals surface area (Å²) < 4.78 is 11.3. The van der Waals surface area contributed by atoms with Crippen molar-refractivity contribution in [3.05, 3.63) is 59.7 Å². The van der Waals surface area contributed by atoms with E-state index in [2.05, 4.69) is 5.32 Å². The van der Waals surface area contributed by atoms with Crippen LogP contribution in [0.5, 0.6) is 11.5 Å². The van der Waals surface area contributed by atoms with Gasteiger partial charge in [0, 0.05) is 6.54 Å². The molecule has 0 bridgehead atoms. The molecular formula is C20H25N3O4. The molecule has 0 fully saturated rings. The van der Waals surface area contributed by atoms with Gasteiger partial charge in [-0.1, -0.05) is 36.4 Å². The summed E-state index contributed by atoms with van der Waals surface area (Å²) in [6.45, 7) is 2.64. The third-order valence-corrected chi connectivity index (χ3v) is 4.18. The second kappa shape index (κ2) is 9.59. The van der Waals surface area contributed by atoms with Gasteiger partial charge in [0.1, 0.15) is 6.61 Å². The molecule has 2 aromatic carbocycles. The van der Waals surface area contributed by atoms with Crippen LogP contribution < -0.4 is 20.5 Å². The van der Waals surface area contributed by atoms with Gasteiger partial charge in [0.25, 0.3) is 0 Å². The maximum Gasteiger partial charge on any atom is 0.318 e. The maximum atomic E-state index is 11.9. The minimum Gasteiger partial charge on any atom is -0.493 e. The van der Waals surface area contributed by atoms with Gasteiger partial charge in [0.2, 0.25) is 5.91 Å². The molecule has 2 aromatic rings. The number of nitrogens with two attached hydrogens (primary N) is 1. The van der Waals surface area contributed by atoms with Crippen molar-refractivity contribution in [1.29, 1.82) is 0 Å². The van der Waals surface area contributed by atoms with Gasteiger partial charge in [-0.05, 0) is 37.2 Å². The number of rotatable bonds is 8. The minimum absolute atomic E-state index is 0.445. The molecule has 1 atom stereocenters. The van der Waals surface area contributed by atoms with E-state index < -0.39 is 18.0 Å². The molecule has 0 aliphatic carbocycles. The third kappa shape index (κ3) is 6.00. The molecule has 0 saturated carbocycles. The molecule has 0 spiro atoms. The van der Waals surface area contributed by atoms with Crippen molar-refractivity contribution < 1.29 is 19.1 Å². The Hall–Kier alpha value is -3.06. The van der Waals surface area contributed by atoms with Crippen molar-refractivity contribution in [3.63, 3.8) is 0 Å². The second-order valence-corrected chi connectivity index (χ2v) is 6.20. The quantitative estimate of drug-likeness (QED) is 0.742. The lowest BCUT2D eigenvalue weighted by Crippen LogP contribution is -2.46. The number of carbonyl (C=O) groups is 2. The van der Waals surface area contributed by atoms with Crippen molar-refractivity contribution in [2.75, 3.05) is 14.2 Å². The van der Waals surface area contributed by atoms with E-state index in [1.54, 1.807) is 26.0 Å². The summed E-state index contributed by atoms with van der Waals surface area (Å²) in [6, 6.07) is 14.1. The number of urea groups is 1. The minimum atomic E-state index is -0.859. The molecule has 0 aromatic heterocycles. The van der Waals surface area contributed by atoms with Gasteiger partial charge >= 0.3 is 6.03 Å². The fourth-order valence-electron chi connectivity index (χ4n) is 2.52. The summed E-state index contributed by atoms with van der Waals surface area (Å²) in [7, 11) is 3.37. The molecule has 3 N–H and O–H groups in total. The number of primary amides is 1. The van der Waals surface area contributed by atoms with Crippen LogP contribution in [0, 0.1) is 0 Å². The summed E-state index contributed by atoms with van der Waals surface area (Å²) in [6.07, 6.45) is 0. The van der Waals surface area contributed by atoms with E-state index >= 15 is 0 Å². The number of imide groups is 1. The molecule has 0 unspecified atom stereocenters. The molecule has 0 heterocycles. The van der Waals surface area contributed by atoms with Crippen LogP contribution in [0.4, 0.5) is 4.79 Å². The first kappa shape index (κ1) is 20.3. The Bertz CT molecular complexity index is 780. The van der Waals surface area contributed by atoms with Crippen LogP contribution in [0.1, 0.15) is 18.1 Å². The highest BCUT2D eigenvalue weighted by atomic mass is 16.5. The van der Waals surface area contributed by atoms with Crippen LogP contribution in [-0.2, 0) is 17.9 Å². The monoisotopic (exact) mass is 371 g/mol. The SMILES string of the molecule is COc1cc(CN(C)[C@@H](C)C(=O)NC(N)=O)ccc1OCc1ccccc1. The predicted octanol–water partition coefficient (Wildman–Crippen LogP) is 2.29. The summed E-state index contributed by atoms with van der Waals surface area (Å²) in [5.41, 5.74) is 7.00. The Morgan fingerprint density at radius 2 is 1.81 bits per heavy atom. The zero-order valence-corrected chi connectivity index (χ0v) is 15.8. The average Bonchev–Trinajstić information content (AvgIpc) is 2.66. The number of nitrogens with zero attached hydrogens (tertiary/aromatic N) is 1. The molecule has 0 aliphatic rings. The first-order chi connectivity index (χ1) is 12.9. The van der Waals surface area contributed by atoms with Crippen molar-refractivity contribution in [2.45, 2.75) is 26.1 Å². The Balaban J connectivity index is 2.02. The van der Waals surface area contributed by atoms with Crippen LogP contribution >= 0.6 is 0 Å². The van der Waals surface area contributed by atoms with Crippen molar-refractivity contribution >= 4 is 11.9 Å². The highest BCUT2D eigenvalue weighted by molar-refractivity contribution is 5.96. The predicted molar refractivity (Wildman–Crippen MR) is 102 cm³/mol. The number of benzene rings is 2.